The van der Waals surface area contributed by atoms with Gasteiger partial charge in [0.15, 0.2) is 0 Å². The number of carbonyl (C=O) groups is 2. The quantitative estimate of drug-likeness (QED) is 0.424. The maximum Gasteiger partial charge on any atom is 0.416 e. The molecule has 3 aromatic heterocycles. The molecule has 0 saturated carbocycles. The van der Waals surface area contributed by atoms with E-state index in [1.54, 1.807) is 35.0 Å². The fraction of sp³-hybridized carbons (Fsp3) is 0.136. The Bertz CT molecular complexity index is 1360. The van der Waals surface area contributed by atoms with Crippen LogP contribution in [-0.2, 0) is 24.0 Å². The Morgan fingerprint density at radius 2 is 1.88 bits per heavy atom. The molecule has 0 fully saturated rings. The highest BCUT2D eigenvalue weighted by atomic mass is 32.1. The average Bonchev–Trinajstić information content (AvgIpc) is 3.35. The number of primary amides is 2. The van der Waals surface area contributed by atoms with Crippen molar-refractivity contribution in [2.75, 3.05) is 0 Å². The first kappa shape index (κ1) is 22.3. The highest BCUT2D eigenvalue weighted by Crippen LogP contribution is 2.38. The number of imidazole rings is 1. The molecule has 170 valence electrons. The van der Waals surface area contributed by atoms with E-state index in [0.29, 0.717) is 21.8 Å². The topological polar surface area (TPSA) is 113 Å². The first-order chi connectivity index (χ1) is 15.6. The van der Waals surface area contributed by atoms with Gasteiger partial charge in [-0.1, -0.05) is 18.2 Å². The van der Waals surface area contributed by atoms with Crippen molar-refractivity contribution in [3.8, 4) is 16.3 Å². The molecule has 4 aromatic rings. The Balaban J connectivity index is 1.66. The molecule has 0 bridgehead atoms. The second-order valence-corrected chi connectivity index (χ2v) is 8.21. The van der Waals surface area contributed by atoms with Crippen LogP contribution in [0.25, 0.3) is 16.2 Å². The Hall–Kier alpha value is -3.86. The van der Waals surface area contributed by atoms with Crippen LogP contribution in [0.4, 0.5) is 13.2 Å². The number of nitrogens with two attached hydrogens (primary N) is 2. The summed E-state index contributed by atoms with van der Waals surface area (Å²) < 4.78 is 47.1. The number of nitrogens with zero attached hydrogens (tertiary/aromatic N) is 2. The maximum absolute atomic E-state index is 13.3. The molecule has 3 heterocycles. The van der Waals surface area contributed by atoms with Crippen LogP contribution in [0.15, 0.2) is 54.9 Å². The van der Waals surface area contributed by atoms with Gasteiger partial charge in [0.2, 0.25) is 5.91 Å². The van der Waals surface area contributed by atoms with Crippen molar-refractivity contribution < 1.29 is 27.5 Å². The summed E-state index contributed by atoms with van der Waals surface area (Å²) in [6, 6.07) is 10.0. The van der Waals surface area contributed by atoms with Crippen molar-refractivity contribution in [2.24, 2.45) is 11.5 Å². The van der Waals surface area contributed by atoms with E-state index in [1.165, 1.54) is 18.2 Å². The molecular weight excluding hydrogens is 457 g/mol. The van der Waals surface area contributed by atoms with E-state index in [-0.39, 0.29) is 22.6 Å². The minimum Gasteiger partial charge on any atom is -0.487 e. The summed E-state index contributed by atoms with van der Waals surface area (Å²) in [5.74, 6) is -1.15. The normalized spacial score (nSPS) is 11.6. The fourth-order valence-corrected chi connectivity index (χ4v) is 4.33. The molecule has 1 aromatic carbocycles. The molecule has 2 amide bonds. The highest BCUT2D eigenvalue weighted by molar-refractivity contribution is 7.17. The molecule has 0 aliphatic heterocycles. The van der Waals surface area contributed by atoms with Crippen molar-refractivity contribution in [1.29, 1.82) is 0 Å². The molecule has 0 spiro atoms. The van der Waals surface area contributed by atoms with Crippen LogP contribution in [0, 0.1) is 0 Å². The summed E-state index contributed by atoms with van der Waals surface area (Å²) in [4.78, 5) is 28.1. The monoisotopic (exact) mass is 474 g/mol. The van der Waals surface area contributed by atoms with Gasteiger partial charge in [0.1, 0.15) is 22.9 Å². The number of thiophene rings is 1. The number of ether oxygens (including phenoxy) is 1. The van der Waals surface area contributed by atoms with Crippen LogP contribution in [0.2, 0.25) is 0 Å². The lowest BCUT2D eigenvalue weighted by molar-refractivity contribution is -0.138. The SMILES string of the molecule is NC(=O)Cc1ccn2c(-c3cc(OCc4ccccc4C(F)(F)F)c(C(N)=O)s3)cnc2c1. The number of rotatable bonds is 7. The third-order valence-corrected chi connectivity index (χ3v) is 5.99. The zero-order valence-corrected chi connectivity index (χ0v) is 17.7. The molecule has 0 saturated heterocycles. The van der Waals surface area contributed by atoms with Crippen LogP contribution in [0.5, 0.6) is 5.75 Å². The lowest BCUT2D eigenvalue weighted by Gasteiger charge is -2.13. The predicted octanol–water partition coefficient (Wildman–Crippen LogP) is 3.79. The van der Waals surface area contributed by atoms with Crippen molar-refractivity contribution >= 4 is 28.8 Å². The van der Waals surface area contributed by atoms with Crippen molar-refractivity contribution in [3.05, 3.63) is 76.4 Å². The molecule has 0 atom stereocenters. The molecule has 0 unspecified atom stereocenters. The van der Waals surface area contributed by atoms with Crippen molar-refractivity contribution in [3.63, 3.8) is 0 Å². The summed E-state index contributed by atoms with van der Waals surface area (Å²) >= 11 is 1.04. The van der Waals surface area contributed by atoms with Gasteiger partial charge in [0, 0.05) is 17.8 Å². The molecule has 33 heavy (non-hydrogen) atoms. The molecular formula is C22H17F3N4O3S. The Morgan fingerprint density at radius 3 is 2.58 bits per heavy atom. The molecule has 11 heteroatoms. The van der Waals surface area contributed by atoms with Gasteiger partial charge in [0.25, 0.3) is 5.91 Å². The van der Waals surface area contributed by atoms with E-state index in [0.717, 1.165) is 17.4 Å². The average molecular weight is 474 g/mol. The number of halogens is 3. The number of aromatic nitrogens is 2. The predicted molar refractivity (Wildman–Crippen MR) is 116 cm³/mol. The molecule has 0 aliphatic carbocycles. The first-order valence-electron chi connectivity index (χ1n) is 9.59. The molecule has 0 aliphatic rings. The number of hydrogen-bond acceptors (Lipinski definition) is 5. The van der Waals surface area contributed by atoms with Gasteiger partial charge in [-0.25, -0.2) is 4.98 Å². The zero-order valence-electron chi connectivity index (χ0n) is 16.9. The Kier molecular flexibility index (Phi) is 5.81. The minimum absolute atomic E-state index is 0.0649. The van der Waals surface area contributed by atoms with E-state index in [1.807, 2.05) is 0 Å². The fourth-order valence-electron chi connectivity index (χ4n) is 3.37. The number of amides is 2. The summed E-state index contributed by atoms with van der Waals surface area (Å²) in [6.45, 7) is -0.393. The largest absolute Gasteiger partial charge is 0.487 e. The third kappa shape index (κ3) is 4.67. The lowest BCUT2D eigenvalue weighted by Crippen LogP contribution is -2.13. The van der Waals surface area contributed by atoms with E-state index in [4.69, 9.17) is 16.2 Å². The van der Waals surface area contributed by atoms with E-state index >= 15 is 0 Å². The van der Waals surface area contributed by atoms with E-state index in [9.17, 15) is 22.8 Å². The number of hydrogen-bond donors (Lipinski definition) is 2. The number of carbonyl (C=O) groups excluding carboxylic acids is 2. The van der Waals surface area contributed by atoms with Gasteiger partial charge in [-0.05, 0) is 23.8 Å². The van der Waals surface area contributed by atoms with E-state index in [2.05, 4.69) is 4.98 Å². The summed E-state index contributed by atoms with van der Waals surface area (Å²) in [6.07, 6.45) is -1.18. The van der Waals surface area contributed by atoms with Crippen molar-refractivity contribution in [2.45, 2.75) is 19.2 Å². The van der Waals surface area contributed by atoms with Crippen LogP contribution >= 0.6 is 11.3 Å². The standard InChI is InChI=1S/C22H17F3N4O3S/c23-22(24,25)14-4-2-1-3-13(14)11-32-16-9-17(33-20(16)21(27)31)15-10-28-19-8-12(7-18(26)30)5-6-29(15)19/h1-6,8-10H,7,11H2,(H2,26,30)(H2,27,31). The smallest absolute Gasteiger partial charge is 0.416 e. The van der Waals surface area contributed by atoms with E-state index < -0.39 is 30.2 Å². The first-order valence-corrected chi connectivity index (χ1v) is 10.4. The second kappa shape index (κ2) is 8.58. The summed E-state index contributed by atoms with van der Waals surface area (Å²) in [5, 5.41) is 0. The maximum atomic E-state index is 13.3. The number of alkyl halides is 3. The van der Waals surface area contributed by atoms with Crippen LogP contribution in [-0.4, -0.2) is 21.2 Å². The van der Waals surface area contributed by atoms with Gasteiger partial charge >= 0.3 is 6.18 Å². The van der Waals surface area contributed by atoms with Gasteiger partial charge in [-0.15, -0.1) is 11.3 Å². The third-order valence-electron chi connectivity index (χ3n) is 4.84. The highest BCUT2D eigenvalue weighted by Gasteiger charge is 2.33. The van der Waals surface area contributed by atoms with Gasteiger partial charge in [-0.3, -0.25) is 14.0 Å². The molecule has 7 nitrogen and oxygen atoms in total. The molecule has 4 rings (SSSR count). The van der Waals surface area contributed by atoms with Gasteiger partial charge in [0.05, 0.1) is 28.8 Å². The second-order valence-electron chi connectivity index (χ2n) is 7.16. The minimum atomic E-state index is -4.53. The summed E-state index contributed by atoms with van der Waals surface area (Å²) in [5.41, 5.74) is 11.7. The van der Waals surface area contributed by atoms with Crippen molar-refractivity contribution in [1.82, 2.24) is 9.38 Å². The molecule has 0 radical (unpaired) electrons. The lowest BCUT2D eigenvalue weighted by atomic mass is 10.1. The number of pyridine rings is 1. The van der Waals surface area contributed by atoms with Crippen LogP contribution in [0.1, 0.15) is 26.4 Å². The van der Waals surface area contributed by atoms with Gasteiger partial charge < -0.3 is 16.2 Å². The Labute approximate surface area is 189 Å². The van der Waals surface area contributed by atoms with Crippen LogP contribution in [0.3, 0.4) is 0 Å². The Morgan fingerprint density at radius 1 is 1.12 bits per heavy atom. The number of fused-ring (bicyclic) bond motifs is 1. The van der Waals surface area contributed by atoms with Gasteiger partial charge in [-0.2, -0.15) is 13.2 Å². The number of benzene rings is 1. The zero-order chi connectivity index (χ0) is 23.8. The summed E-state index contributed by atoms with van der Waals surface area (Å²) in [7, 11) is 0. The molecule has 4 N–H and O–H groups in total. The van der Waals surface area contributed by atoms with Crippen LogP contribution < -0.4 is 16.2 Å².